The first-order chi connectivity index (χ1) is 9.00. The van der Waals surface area contributed by atoms with E-state index in [0.29, 0.717) is 11.3 Å². The third-order valence-corrected chi connectivity index (χ3v) is 3.84. The molecule has 2 aromatic heterocycles. The normalized spacial score (nSPS) is 10.2. The Labute approximate surface area is 117 Å². The fourth-order valence-corrected chi connectivity index (χ4v) is 2.52. The van der Waals surface area contributed by atoms with E-state index >= 15 is 0 Å². The number of carbonyl (C=O) groups excluding carboxylic acids is 1. The number of amides is 1. The van der Waals surface area contributed by atoms with Gasteiger partial charge in [-0.1, -0.05) is 11.6 Å². The summed E-state index contributed by atoms with van der Waals surface area (Å²) in [5.41, 5.74) is 1.18. The Kier molecular flexibility index (Phi) is 3.82. The Morgan fingerprint density at radius 3 is 2.84 bits per heavy atom. The van der Waals surface area contributed by atoms with Crippen LogP contribution in [0.15, 0.2) is 23.8 Å². The zero-order valence-corrected chi connectivity index (χ0v) is 11.4. The topological polar surface area (TPSA) is 79.3 Å². The second kappa shape index (κ2) is 5.38. The molecule has 0 radical (unpaired) electrons. The number of nitrogens with one attached hydrogen (secondary N) is 1. The quantitative estimate of drug-likeness (QED) is 0.912. The molecule has 0 aliphatic rings. The van der Waals surface area contributed by atoms with Gasteiger partial charge in [0.05, 0.1) is 16.3 Å². The molecule has 7 heteroatoms. The highest BCUT2D eigenvalue weighted by molar-refractivity contribution is 7.12. The van der Waals surface area contributed by atoms with Crippen LogP contribution in [0.2, 0.25) is 5.02 Å². The van der Waals surface area contributed by atoms with Crippen molar-refractivity contribution in [3.8, 4) is 0 Å². The van der Waals surface area contributed by atoms with Crippen LogP contribution in [0.3, 0.4) is 0 Å². The summed E-state index contributed by atoms with van der Waals surface area (Å²) in [5.74, 6) is -1.56. The lowest BCUT2D eigenvalue weighted by atomic mass is 10.2. The van der Waals surface area contributed by atoms with Crippen LogP contribution >= 0.6 is 22.9 Å². The average molecular weight is 297 g/mol. The first-order valence-electron chi connectivity index (χ1n) is 5.23. The summed E-state index contributed by atoms with van der Waals surface area (Å²) in [4.78, 5) is 27.0. The molecule has 2 rings (SSSR count). The van der Waals surface area contributed by atoms with Gasteiger partial charge in [0.15, 0.2) is 0 Å². The number of rotatable bonds is 3. The molecule has 98 valence electrons. The van der Waals surface area contributed by atoms with Gasteiger partial charge in [-0.2, -0.15) is 0 Å². The van der Waals surface area contributed by atoms with Crippen molar-refractivity contribution in [3.63, 3.8) is 0 Å². The number of hydrogen-bond donors (Lipinski definition) is 2. The molecule has 5 nitrogen and oxygen atoms in total. The largest absolute Gasteiger partial charge is 0.477 e. The Hall–Kier alpha value is -1.92. The fraction of sp³-hybridized carbons (Fsp3) is 0.0833. The average Bonchev–Trinajstić information content (AvgIpc) is 2.71. The van der Waals surface area contributed by atoms with E-state index in [-0.39, 0.29) is 15.5 Å². The summed E-state index contributed by atoms with van der Waals surface area (Å²) >= 11 is 6.95. The van der Waals surface area contributed by atoms with Crippen molar-refractivity contribution < 1.29 is 14.7 Å². The van der Waals surface area contributed by atoms with Crippen LogP contribution in [0.1, 0.15) is 25.6 Å². The van der Waals surface area contributed by atoms with Crippen molar-refractivity contribution in [2.75, 3.05) is 5.32 Å². The van der Waals surface area contributed by atoms with E-state index in [1.54, 1.807) is 12.3 Å². The third kappa shape index (κ3) is 2.74. The monoisotopic (exact) mass is 296 g/mol. The van der Waals surface area contributed by atoms with Gasteiger partial charge in [0.1, 0.15) is 4.88 Å². The Morgan fingerprint density at radius 1 is 1.47 bits per heavy atom. The zero-order chi connectivity index (χ0) is 14.0. The van der Waals surface area contributed by atoms with Gasteiger partial charge in [0.2, 0.25) is 0 Å². The molecule has 0 atom stereocenters. The molecule has 0 unspecified atom stereocenters. The number of aromatic carboxylic acids is 1. The predicted octanol–water partition coefficient (Wildman–Crippen LogP) is 3.06. The number of hydrogen-bond acceptors (Lipinski definition) is 4. The number of carboxylic acid groups (broad SMARTS) is 1. The van der Waals surface area contributed by atoms with Crippen LogP contribution in [-0.2, 0) is 0 Å². The number of pyridine rings is 1. The molecule has 0 aliphatic carbocycles. The van der Waals surface area contributed by atoms with E-state index in [1.807, 2.05) is 0 Å². The third-order valence-electron chi connectivity index (χ3n) is 2.42. The molecule has 0 saturated carbocycles. The standard InChI is InChI=1S/C12H9ClN2O3S/c1-6-5-19-10(12(17)18)9(6)15-11(16)7-4-14-3-2-8(7)13/h2-5H,1H3,(H,15,16)(H,17,18). The van der Waals surface area contributed by atoms with Gasteiger partial charge in [-0.3, -0.25) is 9.78 Å². The summed E-state index contributed by atoms with van der Waals surface area (Å²) in [5, 5.41) is 13.5. The maximum absolute atomic E-state index is 12.0. The van der Waals surface area contributed by atoms with E-state index in [4.69, 9.17) is 16.7 Å². The minimum atomic E-state index is -1.08. The molecule has 19 heavy (non-hydrogen) atoms. The molecule has 2 N–H and O–H groups in total. The molecule has 2 heterocycles. The van der Waals surface area contributed by atoms with Crippen LogP contribution in [0.4, 0.5) is 5.69 Å². The number of carboxylic acids is 1. The Morgan fingerprint density at radius 2 is 2.21 bits per heavy atom. The van der Waals surface area contributed by atoms with Crippen molar-refractivity contribution in [1.82, 2.24) is 4.98 Å². The Balaban J connectivity index is 2.32. The Bertz CT molecular complexity index is 654. The highest BCUT2D eigenvalue weighted by atomic mass is 35.5. The minimum Gasteiger partial charge on any atom is -0.477 e. The molecule has 0 aromatic carbocycles. The van der Waals surface area contributed by atoms with Crippen molar-refractivity contribution in [2.24, 2.45) is 0 Å². The molecular weight excluding hydrogens is 288 g/mol. The number of nitrogens with zero attached hydrogens (tertiary/aromatic N) is 1. The molecule has 0 aliphatic heterocycles. The summed E-state index contributed by atoms with van der Waals surface area (Å²) in [6.07, 6.45) is 2.80. The second-order valence-corrected chi connectivity index (χ2v) is 5.02. The van der Waals surface area contributed by atoms with Gasteiger partial charge >= 0.3 is 5.97 Å². The lowest BCUT2D eigenvalue weighted by molar-refractivity contribution is 0.0703. The van der Waals surface area contributed by atoms with Crippen molar-refractivity contribution in [3.05, 3.63) is 44.9 Å². The lowest BCUT2D eigenvalue weighted by Crippen LogP contribution is -2.15. The number of aryl methyl sites for hydroxylation is 1. The first-order valence-corrected chi connectivity index (χ1v) is 6.48. The van der Waals surface area contributed by atoms with Crippen LogP contribution in [0.25, 0.3) is 0 Å². The second-order valence-electron chi connectivity index (χ2n) is 3.74. The number of carbonyl (C=O) groups is 2. The van der Waals surface area contributed by atoms with Crippen LogP contribution < -0.4 is 5.32 Å². The number of halogens is 1. The van der Waals surface area contributed by atoms with E-state index in [1.165, 1.54) is 18.5 Å². The van der Waals surface area contributed by atoms with Crippen LogP contribution in [0.5, 0.6) is 0 Å². The van der Waals surface area contributed by atoms with Gasteiger partial charge in [-0.15, -0.1) is 11.3 Å². The molecule has 1 amide bonds. The number of anilines is 1. The smallest absolute Gasteiger partial charge is 0.348 e. The molecule has 0 fully saturated rings. The molecular formula is C12H9ClN2O3S. The van der Waals surface area contributed by atoms with Gasteiger partial charge in [-0.25, -0.2) is 4.79 Å². The van der Waals surface area contributed by atoms with Crippen LogP contribution in [-0.4, -0.2) is 22.0 Å². The van der Waals surface area contributed by atoms with E-state index in [0.717, 1.165) is 11.3 Å². The summed E-state index contributed by atoms with van der Waals surface area (Å²) in [7, 11) is 0. The number of thiophene rings is 1. The molecule has 0 bridgehead atoms. The highest BCUT2D eigenvalue weighted by Gasteiger charge is 2.19. The lowest BCUT2D eigenvalue weighted by Gasteiger charge is -2.07. The zero-order valence-electron chi connectivity index (χ0n) is 9.81. The van der Waals surface area contributed by atoms with E-state index < -0.39 is 11.9 Å². The van der Waals surface area contributed by atoms with E-state index in [9.17, 15) is 9.59 Å². The predicted molar refractivity (Wildman–Crippen MR) is 73.2 cm³/mol. The molecule has 0 saturated heterocycles. The van der Waals surface area contributed by atoms with Gasteiger partial charge in [-0.05, 0) is 23.9 Å². The number of aromatic nitrogens is 1. The van der Waals surface area contributed by atoms with Gasteiger partial charge in [0, 0.05) is 12.4 Å². The maximum Gasteiger partial charge on any atom is 0.348 e. The summed E-state index contributed by atoms with van der Waals surface area (Å²) in [6.45, 7) is 1.73. The van der Waals surface area contributed by atoms with Crippen molar-refractivity contribution in [2.45, 2.75) is 6.92 Å². The van der Waals surface area contributed by atoms with Gasteiger partial charge < -0.3 is 10.4 Å². The van der Waals surface area contributed by atoms with Crippen LogP contribution in [0, 0.1) is 6.92 Å². The minimum absolute atomic E-state index is 0.0888. The van der Waals surface area contributed by atoms with Gasteiger partial charge in [0.25, 0.3) is 5.91 Å². The summed E-state index contributed by atoms with van der Waals surface area (Å²) < 4.78 is 0. The first kappa shape index (κ1) is 13.5. The van der Waals surface area contributed by atoms with Crippen molar-refractivity contribution in [1.29, 1.82) is 0 Å². The van der Waals surface area contributed by atoms with Crippen molar-refractivity contribution >= 4 is 40.5 Å². The molecule has 2 aromatic rings. The SMILES string of the molecule is Cc1csc(C(=O)O)c1NC(=O)c1cnccc1Cl. The summed E-state index contributed by atoms with van der Waals surface area (Å²) in [6, 6.07) is 1.50. The maximum atomic E-state index is 12.0. The molecule has 0 spiro atoms. The fourth-order valence-electron chi connectivity index (χ4n) is 1.48. The highest BCUT2D eigenvalue weighted by Crippen LogP contribution is 2.28. The van der Waals surface area contributed by atoms with E-state index in [2.05, 4.69) is 10.3 Å².